The molecule has 0 bridgehead atoms. The standard InChI is InChI=1S/C10H16N2OS/c1-7-5-9(14-12-7)10(11)8-3-2-4-13-6-8/h5,8,10H,2-4,6,11H2,1H3. The predicted molar refractivity (Wildman–Crippen MR) is 57.3 cm³/mol. The highest BCUT2D eigenvalue weighted by Gasteiger charge is 2.23. The van der Waals surface area contributed by atoms with Crippen LogP contribution in [0.15, 0.2) is 6.07 Å². The maximum absolute atomic E-state index is 6.17. The third-order valence-electron chi connectivity index (χ3n) is 2.68. The molecule has 3 nitrogen and oxygen atoms in total. The summed E-state index contributed by atoms with van der Waals surface area (Å²) in [6.45, 7) is 3.70. The van der Waals surface area contributed by atoms with Gasteiger partial charge < -0.3 is 10.5 Å². The zero-order valence-corrected chi connectivity index (χ0v) is 9.22. The van der Waals surface area contributed by atoms with Gasteiger partial charge in [0.2, 0.25) is 0 Å². The second-order valence-corrected chi connectivity index (χ2v) is 4.71. The van der Waals surface area contributed by atoms with Crippen LogP contribution in [0.25, 0.3) is 0 Å². The molecule has 14 heavy (non-hydrogen) atoms. The summed E-state index contributed by atoms with van der Waals surface area (Å²) >= 11 is 1.52. The summed E-state index contributed by atoms with van der Waals surface area (Å²) in [6.07, 6.45) is 2.31. The average Bonchev–Trinajstić information content (AvgIpc) is 2.65. The van der Waals surface area contributed by atoms with Crippen molar-refractivity contribution in [3.8, 4) is 0 Å². The van der Waals surface area contributed by atoms with Gasteiger partial charge in [0, 0.05) is 23.4 Å². The molecule has 78 valence electrons. The molecule has 2 atom stereocenters. The SMILES string of the molecule is Cc1cc(C(N)C2CCCOC2)sn1. The zero-order valence-electron chi connectivity index (χ0n) is 8.40. The Kier molecular flexibility index (Phi) is 3.15. The van der Waals surface area contributed by atoms with Crippen molar-refractivity contribution in [3.63, 3.8) is 0 Å². The van der Waals surface area contributed by atoms with E-state index in [9.17, 15) is 0 Å². The van der Waals surface area contributed by atoms with E-state index in [4.69, 9.17) is 10.5 Å². The largest absolute Gasteiger partial charge is 0.381 e. The third kappa shape index (κ3) is 2.13. The second-order valence-electron chi connectivity index (χ2n) is 3.87. The fraction of sp³-hybridized carbons (Fsp3) is 0.700. The van der Waals surface area contributed by atoms with Crippen LogP contribution in [0.4, 0.5) is 0 Å². The molecule has 0 radical (unpaired) electrons. The molecule has 2 N–H and O–H groups in total. The summed E-state index contributed by atoms with van der Waals surface area (Å²) in [5.74, 6) is 0.476. The van der Waals surface area contributed by atoms with Gasteiger partial charge in [0.15, 0.2) is 0 Å². The molecule has 2 unspecified atom stereocenters. The minimum atomic E-state index is 0.112. The van der Waals surface area contributed by atoms with Crippen molar-refractivity contribution >= 4 is 11.5 Å². The summed E-state index contributed by atoms with van der Waals surface area (Å²) in [5, 5.41) is 0. The lowest BCUT2D eigenvalue weighted by atomic mass is 9.93. The maximum Gasteiger partial charge on any atom is 0.0514 e. The van der Waals surface area contributed by atoms with Gasteiger partial charge >= 0.3 is 0 Å². The lowest BCUT2D eigenvalue weighted by Crippen LogP contribution is -2.28. The van der Waals surface area contributed by atoms with E-state index in [1.807, 2.05) is 6.92 Å². The van der Waals surface area contributed by atoms with Crippen molar-refractivity contribution < 1.29 is 4.74 Å². The van der Waals surface area contributed by atoms with Crippen LogP contribution in [0, 0.1) is 12.8 Å². The molecule has 0 saturated carbocycles. The molecule has 0 spiro atoms. The van der Waals surface area contributed by atoms with Crippen molar-refractivity contribution in [1.29, 1.82) is 0 Å². The first-order chi connectivity index (χ1) is 6.77. The van der Waals surface area contributed by atoms with Crippen LogP contribution < -0.4 is 5.73 Å². The van der Waals surface area contributed by atoms with E-state index < -0.39 is 0 Å². The van der Waals surface area contributed by atoms with Gasteiger partial charge in [0.05, 0.1) is 12.3 Å². The van der Waals surface area contributed by atoms with Crippen LogP contribution in [-0.2, 0) is 4.74 Å². The van der Waals surface area contributed by atoms with Crippen molar-refractivity contribution in [2.45, 2.75) is 25.8 Å². The van der Waals surface area contributed by atoms with E-state index in [0.717, 1.165) is 25.3 Å². The van der Waals surface area contributed by atoms with E-state index in [-0.39, 0.29) is 6.04 Å². The molecule has 0 aromatic carbocycles. The van der Waals surface area contributed by atoms with Gasteiger partial charge in [-0.3, -0.25) is 0 Å². The Morgan fingerprint density at radius 2 is 2.57 bits per heavy atom. The fourth-order valence-corrected chi connectivity index (χ4v) is 2.66. The van der Waals surface area contributed by atoms with Gasteiger partial charge in [-0.1, -0.05) is 0 Å². The number of aromatic nitrogens is 1. The first kappa shape index (κ1) is 10.1. The second kappa shape index (κ2) is 4.38. The number of nitrogens with zero attached hydrogens (tertiary/aromatic N) is 1. The minimum Gasteiger partial charge on any atom is -0.381 e. The molecule has 1 fully saturated rings. The van der Waals surface area contributed by atoms with Crippen molar-refractivity contribution in [2.24, 2.45) is 11.7 Å². The van der Waals surface area contributed by atoms with Crippen LogP contribution in [-0.4, -0.2) is 17.6 Å². The molecule has 1 aromatic heterocycles. The number of rotatable bonds is 2. The van der Waals surface area contributed by atoms with Crippen LogP contribution in [0.2, 0.25) is 0 Å². The van der Waals surface area contributed by atoms with Gasteiger partial charge in [-0.15, -0.1) is 0 Å². The molecule has 1 aromatic rings. The highest BCUT2D eigenvalue weighted by Crippen LogP contribution is 2.29. The van der Waals surface area contributed by atoms with Gasteiger partial charge in [-0.2, -0.15) is 4.37 Å². The van der Waals surface area contributed by atoms with Crippen molar-refractivity contribution in [2.75, 3.05) is 13.2 Å². The predicted octanol–water partition coefficient (Wildman–Crippen LogP) is 1.88. The molecule has 0 aliphatic carbocycles. The lowest BCUT2D eigenvalue weighted by Gasteiger charge is -2.26. The average molecular weight is 212 g/mol. The van der Waals surface area contributed by atoms with E-state index >= 15 is 0 Å². The van der Waals surface area contributed by atoms with Crippen molar-refractivity contribution in [3.05, 3.63) is 16.6 Å². The third-order valence-corrected chi connectivity index (χ3v) is 3.66. The quantitative estimate of drug-likeness (QED) is 0.814. The van der Waals surface area contributed by atoms with E-state index in [1.54, 1.807) is 0 Å². The lowest BCUT2D eigenvalue weighted by molar-refractivity contribution is 0.0452. The highest BCUT2D eigenvalue weighted by molar-refractivity contribution is 7.05. The highest BCUT2D eigenvalue weighted by atomic mass is 32.1. The minimum absolute atomic E-state index is 0.112. The molecular weight excluding hydrogens is 196 g/mol. The Balaban J connectivity index is 2.03. The fourth-order valence-electron chi connectivity index (χ4n) is 1.82. The Hall–Kier alpha value is -0.450. The summed E-state index contributed by atoms with van der Waals surface area (Å²) in [6, 6.07) is 2.20. The number of nitrogens with two attached hydrogens (primary N) is 1. The molecule has 2 rings (SSSR count). The summed E-state index contributed by atoms with van der Waals surface area (Å²) < 4.78 is 9.69. The number of ether oxygens (including phenoxy) is 1. The molecule has 1 aliphatic rings. The molecular formula is C10H16N2OS. The summed E-state index contributed by atoms with van der Waals surface area (Å²) in [5.41, 5.74) is 7.24. The number of hydrogen-bond acceptors (Lipinski definition) is 4. The Bertz CT molecular complexity index is 294. The van der Waals surface area contributed by atoms with E-state index in [2.05, 4.69) is 10.4 Å². The Morgan fingerprint density at radius 3 is 3.14 bits per heavy atom. The van der Waals surface area contributed by atoms with Crippen molar-refractivity contribution in [1.82, 2.24) is 4.37 Å². The Morgan fingerprint density at radius 1 is 1.71 bits per heavy atom. The van der Waals surface area contributed by atoms with Gasteiger partial charge in [0.1, 0.15) is 0 Å². The smallest absolute Gasteiger partial charge is 0.0514 e. The van der Waals surface area contributed by atoms with Crippen LogP contribution in [0.1, 0.15) is 29.5 Å². The maximum atomic E-state index is 6.17. The summed E-state index contributed by atoms with van der Waals surface area (Å²) in [7, 11) is 0. The molecule has 1 aliphatic heterocycles. The Labute approximate surface area is 88.4 Å². The zero-order chi connectivity index (χ0) is 9.97. The van der Waals surface area contributed by atoms with E-state index in [0.29, 0.717) is 5.92 Å². The van der Waals surface area contributed by atoms with E-state index in [1.165, 1.54) is 22.8 Å². The monoisotopic (exact) mass is 212 g/mol. The molecule has 4 heteroatoms. The van der Waals surface area contributed by atoms with Crippen LogP contribution in [0.3, 0.4) is 0 Å². The number of hydrogen-bond donors (Lipinski definition) is 1. The van der Waals surface area contributed by atoms with Crippen LogP contribution >= 0.6 is 11.5 Å². The van der Waals surface area contributed by atoms with Gasteiger partial charge in [-0.25, -0.2) is 0 Å². The van der Waals surface area contributed by atoms with Gasteiger partial charge in [0.25, 0.3) is 0 Å². The first-order valence-corrected chi connectivity index (χ1v) is 5.81. The molecule has 0 amide bonds. The topological polar surface area (TPSA) is 48.1 Å². The normalized spacial score (nSPS) is 24.9. The molecule has 2 heterocycles. The number of aryl methyl sites for hydroxylation is 1. The molecule has 1 saturated heterocycles. The first-order valence-electron chi connectivity index (χ1n) is 5.04. The van der Waals surface area contributed by atoms with Crippen LogP contribution in [0.5, 0.6) is 0 Å². The van der Waals surface area contributed by atoms with Gasteiger partial charge in [-0.05, 0) is 37.4 Å². The summed E-state index contributed by atoms with van der Waals surface area (Å²) in [4.78, 5) is 1.19.